The largest absolute Gasteiger partial charge is 0.477 e. The molecule has 0 fully saturated rings. The van der Waals surface area contributed by atoms with E-state index in [1.807, 2.05) is 6.92 Å². The van der Waals surface area contributed by atoms with Gasteiger partial charge in [0.05, 0.1) is 16.8 Å². The number of hydrogen-bond acceptors (Lipinski definition) is 5. The molecule has 104 valence electrons. The molecule has 2 aromatic rings. The van der Waals surface area contributed by atoms with Crippen molar-refractivity contribution in [3.63, 3.8) is 0 Å². The van der Waals surface area contributed by atoms with Crippen LogP contribution in [0.1, 0.15) is 17.3 Å². The lowest BCUT2D eigenvalue weighted by atomic mass is 10.1. The Bertz CT molecular complexity index is 665. The first kappa shape index (κ1) is 13.5. The molecule has 20 heavy (non-hydrogen) atoms. The van der Waals surface area contributed by atoms with Crippen LogP contribution >= 0.6 is 0 Å². The van der Waals surface area contributed by atoms with Gasteiger partial charge < -0.3 is 10.4 Å². The summed E-state index contributed by atoms with van der Waals surface area (Å²) in [6.07, 6.45) is 3.33. The molecule has 8 nitrogen and oxygen atoms in total. The number of hydrogen-bond donors (Lipinski definition) is 2. The zero-order valence-corrected chi connectivity index (χ0v) is 10.6. The summed E-state index contributed by atoms with van der Waals surface area (Å²) in [4.78, 5) is 21.1. The van der Waals surface area contributed by atoms with E-state index in [-0.39, 0.29) is 5.56 Å². The molecule has 0 radical (unpaired) electrons. The van der Waals surface area contributed by atoms with E-state index in [9.17, 15) is 14.9 Å². The van der Waals surface area contributed by atoms with Gasteiger partial charge in [-0.1, -0.05) is 0 Å². The van der Waals surface area contributed by atoms with Gasteiger partial charge in [-0.3, -0.25) is 14.8 Å². The van der Waals surface area contributed by atoms with Crippen molar-refractivity contribution < 1.29 is 14.8 Å². The third-order valence-electron chi connectivity index (χ3n) is 2.67. The molecule has 0 aliphatic carbocycles. The number of aromatic nitrogens is 2. The Hall–Kier alpha value is -2.90. The average molecular weight is 276 g/mol. The van der Waals surface area contributed by atoms with Gasteiger partial charge in [0.15, 0.2) is 0 Å². The van der Waals surface area contributed by atoms with E-state index in [0.29, 0.717) is 17.9 Å². The molecule has 8 heteroatoms. The van der Waals surface area contributed by atoms with Crippen LogP contribution in [0.15, 0.2) is 30.6 Å². The van der Waals surface area contributed by atoms with E-state index in [4.69, 9.17) is 5.11 Å². The highest BCUT2D eigenvalue weighted by atomic mass is 16.6. The zero-order chi connectivity index (χ0) is 14.7. The first-order chi connectivity index (χ1) is 9.51. The second-order valence-electron chi connectivity index (χ2n) is 4.00. The Morgan fingerprint density at radius 1 is 1.50 bits per heavy atom. The molecule has 0 saturated heterocycles. The van der Waals surface area contributed by atoms with E-state index in [1.54, 1.807) is 17.1 Å². The molecule has 0 bridgehead atoms. The van der Waals surface area contributed by atoms with Gasteiger partial charge in [0.25, 0.3) is 5.69 Å². The maximum atomic E-state index is 10.9. The molecule has 2 rings (SSSR count). The lowest BCUT2D eigenvalue weighted by Gasteiger charge is -2.04. The smallest absolute Gasteiger partial charge is 0.342 e. The van der Waals surface area contributed by atoms with Crippen LogP contribution in [0.4, 0.5) is 17.1 Å². The van der Waals surface area contributed by atoms with Crippen LogP contribution in [-0.4, -0.2) is 25.8 Å². The van der Waals surface area contributed by atoms with Gasteiger partial charge in [0.1, 0.15) is 5.56 Å². The number of benzene rings is 1. The van der Waals surface area contributed by atoms with Gasteiger partial charge in [-0.15, -0.1) is 0 Å². The number of aryl methyl sites for hydroxylation is 1. The van der Waals surface area contributed by atoms with Crippen molar-refractivity contribution in [2.45, 2.75) is 13.5 Å². The molecule has 0 aliphatic rings. The summed E-state index contributed by atoms with van der Waals surface area (Å²) in [6, 6.07) is 3.86. The Morgan fingerprint density at radius 2 is 2.25 bits per heavy atom. The summed E-state index contributed by atoms with van der Waals surface area (Å²) >= 11 is 0. The fourth-order valence-corrected chi connectivity index (χ4v) is 1.71. The van der Waals surface area contributed by atoms with E-state index >= 15 is 0 Å². The third kappa shape index (κ3) is 2.74. The Kier molecular flexibility index (Phi) is 3.65. The number of nitro groups is 1. The van der Waals surface area contributed by atoms with Crippen molar-refractivity contribution in [2.24, 2.45) is 0 Å². The minimum absolute atomic E-state index is 0.343. The maximum Gasteiger partial charge on any atom is 0.342 e. The van der Waals surface area contributed by atoms with Crippen LogP contribution < -0.4 is 5.32 Å². The minimum atomic E-state index is -1.33. The Labute approximate surface area is 113 Å². The normalized spacial score (nSPS) is 10.2. The number of nitrogens with one attached hydrogen (secondary N) is 1. The van der Waals surface area contributed by atoms with Crippen molar-refractivity contribution in [3.8, 4) is 0 Å². The molecular weight excluding hydrogens is 264 g/mol. The molecule has 2 N–H and O–H groups in total. The van der Waals surface area contributed by atoms with Gasteiger partial charge in [0.2, 0.25) is 0 Å². The molecule has 1 aromatic heterocycles. The van der Waals surface area contributed by atoms with Crippen LogP contribution in [0.3, 0.4) is 0 Å². The second-order valence-corrected chi connectivity index (χ2v) is 4.00. The summed E-state index contributed by atoms with van der Waals surface area (Å²) < 4.78 is 1.70. The number of anilines is 2. The fraction of sp³-hybridized carbons (Fsp3) is 0.167. The topological polar surface area (TPSA) is 110 Å². The summed E-state index contributed by atoms with van der Waals surface area (Å²) in [6.45, 7) is 2.64. The molecule has 0 amide bonds. The molecule has 0 unspecified atom stereocenters. The quantitative estimate of drug-likeness (QED) is 0.640. The van der Waals surface area contributed by atoms with Gasteiger partial charge in [0, 0.05) is 24.5 Å². The highest BCUT2D eigenvalue weighted by Gasteiger charge is 2.20. The van der Waals surface area contributed by atoms with Gasteiger partial charge in [-0.05, 0) is 19.1 Å². The maximum absolute atomic E-state index is 10.9. The Balaban J connectivity index is 2.31. The van der Waals surface area contributed by atoms with Gasteiger partial charge >= 0.3 is 5.97 Å². The van der Waals surface area contributed by atoms with Crippen molar-refractivity contribution in [1.82, 2.24) is 9.78 Å². The molecule has 1 heterocycles. The van der Waals surface area contributed by atoms with Crippen LogP contribution in [0.2, 0.25) is 0 Å². The van der Waals surface area contributed by atoms with E-state index in [1.165, 1.54) is 18.2 Å². The number of carboxylic acid groups (broad SMARTS) is 1. The van der Waals surface area contributed by atoms with Crippen LogP contribution in [0, 0.1) is 10.1 Å². The number of carbonyl (C=O) groups is 1. The number of carboxylic acids is 1. The monoisotopic (exact) mass is 276 g/mol. The number of aromatic carboxylic acids is 1. The molecule has 1 aromatic carbocycles. The summed E-state index contributed by atoms with van der Waals surface area (Å²) in [5.74, 6) is -1.33. The van der Waals surface area contributed by atoms with Crippen molar-refractivity contribution in [2.75, 3.05) is 5.32 Å². The summed E-state index contributed by atoms with van der Waals surface area (Å²) in [5, 5.41) is 26.8. The van der Waals surface area contributed by atoms with E-state index < -0.39 is 16.6 Å². The zero-order valence-electron chi connectivity index (χ0n) is 10.6. The summed E-state index contributed by atoms with van der Waals surface area (Å²) in [5.41, 5.74) is 0.303. The lowest BCUT2D eigenvalue weighted by molar-refractivity contribution is -0.385. The third-order valence-corrected chi connectivity index (χ3v) is 2.67. The number of nitrogens with zero attached hydrogens (tertiary/aromatic N) is 3. The standard InChI is InChI=1S/C12H12N4O4/c1-2-15-7-9(6-13-15)14-8-3-4-10(12(17)18)11(5-8)16(19)20/h3-7,14H,2H2,1H3,(H,17,18). The van der Waals surface area contributed by atoms with Gasteiger partial charge in [-0.25, -0.2) is 4.79 Å². The van der Waals surface area contributed by atoms with Crippen molar-refractivity contribution >= 4 is 23.0 Å². The Morgan fingerprint density at radius 3 is 2.80 bits per heavy atom. The summed E-state index contributed by atoms with van der Waals surface area (Å²) in [7, 11) is 0. The van der Waals surface area contributed by atoms with Crippen molar-refractivity contribution in [1.29, 1.82) is 0 Å². The second kappa shape index (κ2) is 5.39. The fourth-order valence-electron chi connectivity index (χ4n) is 1.71. The predicted octanol–water partition coefficient (Wildman–Crippen LogP) is 2.25. The highest BCUT2D eigenvalue weighted by Crippen LogP contribution is 2.25. The highest BCUT2D eigenvalue weighted by molar-refractivity contribution is 5.93. The first-order valence-corrected chi connectivity index (χ1v) is 5.82. The van der Waals surface area contributed by atoms with Gasteiger partial charge in [-0.2, -0.15) is 5.10 Å². The SMILES string of the molecule is CCn1cc(Nc2ccc(C(=O)O)c([N+](=O)[O-])c2)cn1. The molecule has 0 saturated carbocycles. The van der Waals surface area contributed by atoms with E-state index in [0.717, 1.165) is 0 Å². The minimum Gasteiger partial charge on any atom is -0.477 e. The van der Waals surface area contributed by atoms with E-state index in [2.05, 4.69) is 10.4 Å². The molecule has 0 spiro atoms. The molecule has 0 atom stereocenters. The number of rotatable bonds is 5. The predicted molar refractivity (Wildman–Crippen MR) is 71.2 cm³/mol. The van der Waals surface area contributed by atoms with Crippen LogP contribution in [0.5, 0.6) is 0 Å². The average Bonchev–Trinajstić information content (AvgIpc) is 2.86. The van der Waals surface area contributed by atoms with Crippen molar-refractivity contribution in [3.05, 3.63) is 46.3 Å². The molecular formula is C12H12N4O4. The van der Waals surface area contributed by atoms with Crippen LogP contribution in [0.25, 0.3) is 0 Å². The van der Waals surface area contributed by atoms with Crippen LogP contribution in [-0.2, 0) is 6.54 Å². The first-order valence-electron chi connectivity index (χ1n) is 5.82. The lowest BCUT2D eigenvalue weighted by Crippen LogP contribution is -2.03. The molecule has 0 aliphatic heterocycles. The number of nitro benzene ring substituents is 1.